The molecule has 0 atom stereocenters. The van der Waals surface area contributed by atoms with Crippen LogP contribution in [0.5, 0.6) is 11.5 Å². The molecule has 0 spiro atoms. The van der Waals surface area contributed by atoms with Gasteiger partial charge in [-0.25, -0.2) is 4.79 Å². The van der Waals surface area contributed by atoms with Crippen molar-refractivity contribution < 1.29 is 14.3 Å². The maximum Gasteiger partial charge on any atom is 0.412 e. The van der Waals surface area contributed by atoms with E-state index < -0.39 is 6.09 Å². The summed E-state index contributed by atoms with van der Waals surface area (Å²) in [6.07, 6.45) is -0.458. The third-order valence-corrected chi connectivity index (χ3v) is 1.91. The maximum absolute atomic E-state index is 11.2. The van der Waals surface area contributed by atoms with Gasteiger partial charge in [-0.2, -0.15) is 0 Å². The molecule has 5 nitrogen and oxygen atoms in total. The zero-order valence-electron chi connectivity index (χ0n) is 9.86. The minimum absolute atomic E-state index is 0. The molecule has 0 unspecified atom stereocenters. The van der Waals surface area contributed by atoms with Crippen LogP contribution in [0.4, 0.5) is 4.79 Å². The van der Waals surface area contributed by atoms with Gasteiger partial charge in [-0.3, -0.25) is 0 Å². The second-order valence-electron chi connectivity index (χ2n) is 3.10. The molecule has 6 heteroatoms. The van der Waals surface area contributed by atoms with Gasteiger partial charge in [0.2, 0.25) is 0 Å². The van der Waals surface area contributed by atoms with E-state index in [4.69, 9.17) is 9.47 Å². The Bertz CT molecular complexity index is 330. The van der Waals surface area contributed by atoms with Gasteiger partial charge in [0.15, 0.2) is 0 Å². The van der Waals surface area contributed by atoms with Gasteiger partial charge in [0.25, 0.3) is 0 Å². The van der Waals surface area contributed by atoms with Crippen molar-refractivity contribution >= 4 is 18.5 Å². The lowest BCUT2D eigenvalue weighted by atomic mass is 10.3. The summed E-state index contributed by atoms with van der Waals surface area (Å²) in [5.74, 6) is 1.21. The minimum Gasteiger partial charge on any atom is -0.497 e. The van der Waals surface area contributed by atoms with Crippen LogP contribution < -0.4 is 20.1 Å². The minimum atomic E-state index is -0.458. The Morgan fingerprint density at radius 2 is 1.76 bits per heavy atom. The van der Waals surface area contributed by atoms with Crippen molar-refractivity contribution in [2.75, 3.05) is 27.2 Å². The molecule has 0 heterocycles. The van der Waals surface area contributed by atoms with Crippen LogP contribution in [0.2, 0.25) is 0 Å². The summed E-state index contributed by atoms with van der Waals surface area (Å²) in [5.41, 5.74) is 0. The Morgan fingerprint density at radius 1 is 1.18 bits per heavy atom. The van der Waals surface area contributed by atoms with Crippen molar-refractivity contribution in [1.82, 2.24) is 10.6 Å². The Balaban J connectivity index is 0.00000256. The van der Waals surface area contributed by atoms with E-state index in [0.717, 1.165) is 5.75 Å². The molecule has 0 aromatic heterocycles. The number of carbonyl (C=O) groups excluding carboxylic acids is 1. The number of methoxy groups -OCH3 is 1. The van der Waals surface area contributed by atoms with Gasteiger partial charge in [-0.15, -0.1) is 12.4 Å². The van der Waals surface area contributed by atoms with Crippen molar-refractivity contribution in [3.05, 3.63) is 24.3 Å². The molecule has 0 aliphatic carbocycles. The summed E-state index contributed by atoms with van der Waals surface area (Å²) in [6.45, 7) is 1.24. The molecule has 1 amide bonds. The fourth-order valence-electron chi connectivity index (χ4n) is 1.08. The normalized spacial score (nSPS) is 9.06. The van der Waals surface area contributed by atoms with E-state index in [1.165, 1.54) is 0 Å². The predicted octanol–water partition coefficient (Wildman–Crippen LogP) is 1.42. The van der Waals surface area contributed by atoms with Crippen LogP contribution in [0.15, 0.2) is 24.3 Å². The molecule has 1 aromatic carbocycles. The average Bonchev–Trinajstić information content (AvgIpc) is 2.30. The summed E-state index contributed by atoms with van der Waals surface area (Å²) in [4.78, 5) is 11.2. The second-order valence-corrected chi connectivity index (χ2v) is 3.10. The van der Waals surface area contributed by atoms with Crippen molar-refractivity contribution in [1.29, 1.82) is 0 Å². The molecule has 0 aliphatic heterocycles. The smallest absolute Gasteiger partial charge is 0.412 e. The molecular weight excluding hydrogens is 244 g/mol. The molecule has 96 valence electrons. The van der Waals surface area contributed by atoms with E-state index >= 15 is 0 Å². The molecule has 1 aromatic rings. The topological polar surface area (TPSA) is 59.6 Å². The number of amides is 1. The van der Waals surface area contributed by atoms with E-state index in [2.05, 4.69) is 10.6 Å². The fraction of sp³-hybridized carbons (Fsp3) is 0.364. The van der Waals surface area contributed by atoms with Crippen LogP contribution in [0.3, 0.4) is 0 Å². The summed E-state index contributed by atoms with van der Waals surface area (Å²) in [5, 5.41) is 5.52. The number of nitrogens with one attached hydrogen (secondary N) is 2. The predicted molar refractivity (Wildman–Crippen MR) is 68.2 cm³/mol. The number of hydrogen-bond acceptors (Lipinski definition) is 4. The average molecular weight is 261 g/mol. The summed E-state index contributed by atoms with van der Waals surface area (Å²) < 4.78 is 10.0. The third kappa shape index (κ3) is 5.99. The summed E-state index contributed by atoms with van der Waals surface area (Å²) >= 11 is 0. The number of ether oxygens (including phenoxy) is 2. The Morgan fingerprint density at radius 3 is 2.29 bits per heavy atom. The van der Waals surface area contributed by atoms with E-state index in [0.29, 0.717) is 18.8 Å². The largest absolute Gasteiger partial charge is 0.497 e. The molecule has 0 saturated heterocycles. The highest BCUT2D eigenvalue weighted by Gasteiger charge is 2.02. The van der Waals surface area contributed by atoms with Gasteiger partial charge in [0.05, 0.1) is 7.11 Å². The number of rotatable bonds is 5. The van der Waals surface area contributed by atoms with E-state index in [1.54, 1.807) is 31.4 Å². The molecular formula is C11H17ClN2O3. The van der Waals surface area contributed by atoms with Crippen molar-refractivity contribution in [3.63, 3.8) is 0 Å². The van der Waals surface area contributed by atoms with Gasteiger partial charge in [-0.05, 0) is 31.3 Å². The molecule has 0 bridgehead atoms. The van der Waals surface area contributed by atoms with Gasteiger partial charge in [0, 0.05) is 13.1 Å². The van der Waals surface area contributed by atoms with Crippen molar-refractivity contribution in [2.24, 2.45) is 0 Å². The first kappa shape index (κ1) is 15.5. The van der Waals surface area contributed by atoms with Crippen molar-refractivity contribution in [3.8, 4) is 11.5 Å². The third-order valence-electron chi connectivity index (χ3n) is 1.91. The zero-order chi connectivity index (χ0) is 11.8. The Hall–Kier alpha value is -1.46. The van der Waals surface area contributed by atoms with Crippen LogP contribution in [0, 0.1) is 0 Å². The maximum atomic E-state index is 11.2. The van der Waals surface area contributed by atoms with Crippen LogP contribution in [-0.2, 0) is 0 Å². The summed E-state index contributed by atoms with van der Waals surface area (Å²) in [6, 6.07) is 6.82. The molecule has 0 fully saturated rings. The second kappa shape index (κ2) is 8.66. The number of hydrogen-bond donors (Lipinski definition) is 2. The molecule has 0 saturated carbocycles. The van der Waals surface area contributed by atoms with Gasteiger partial charge in [0.1, 0.15) is 11.5 Å². The fourth-order valence-corrected chi connectivity index (χ4v) is 1.08. The Labute approximate surface area is 107 Å². The van der Waals surface area contributed by atoms with Crippen LogP contribution in [-0.4, -0.2) is 33.3 Å². The molecule has 0 radical (unpaired) electrons. The number of halogens is 1. The SMILES string of the molecule is CNCCNC(=O)Oc1ccc(OC)cc1.Cl. The summed E-state index contributed by atoms with van der Waals surface area (Å²) in [7, 11) is 3.40. The van der Waals surface area contributed by atoms with Crippen molar-refractivity contribution in [2.45, 2.75) is 0 Å². The van der Waals surface area contributed by atoms with E-state index in [9.17, 15) is 4.79 Å². The zero-order valence-corrected chi connectivity index (χ0v) is 10.7. The number of benzene rings is 1. The van der Waals surface area contributed by atoms with Gasteiger partial charge >= 0.3 is 6.09 Å². The van der Waals surface area contributed by atoms with Crippen LogP contribution >= 0.6 is 12.4 Å². The first-order chi connectivity index (χ1) is 7.76. The molecule has 1 rings (SSSR count). The van der Waals surface area contributed by atoms with Gasteiger partial charge < -0.3 is 20.1 Å². The highest BCUT2D eigenvalue weighted by Crippen LogP contribution is 2.16. The molecule has 17 heavy (non-hydrogen) atoms. The molecule has 2 N–H and O–H groups in total. The van der Waals surface area contributed by atoms with Crippen LogP contribution in [0.1, 0.15) is 0 Å². The lowest BCUT2D eigenvalue weighted by Gasteiger charge is -2.06. The van der Waals surface area contributed by atoms with E-state index in [-0.39, 0.29) is 12.4 Å². The molecule has 0 aliphatic rings. The first-order valence-electron chi connectivity index (χ1n) is 5.00. The van der Waals surface area contributed by atoms with E-state index in [1.807, 2.05) is 7.05 Å². The quantitative estimate of drug-likeness (QED) is 0.787. The standard InChI is InChI=1S/C11H16N2O3.ClH/c1-12-7-8-13-11(14)16-10-5-3-9(15-2)4-6-10;/h3-6,12H,7-8H2,1-2H3,(H,13,14);1H. The lowest BCUT2D eigenvalue weighted by Crippen LogP contribution is -2.32. The number of likely N-dealkylation sites (N-methyl/N-ethyl adjacent to an activating group) is 1. The highest BCUT2D eigenvalue weighted by atomic mass is 35.5. The monoisotopic (exact) mass is 260 g/mol. The van der Waals surface area contributed by atoms with Crippen LogP contribution in [0.25, 0.3) is 0 Å². The number of carbonyl (C=O) groups is 1. The van der Waals surface area contributed by atoms with Gasteiger partial charge in [-0.1, -0.05) is 0 Å². The Kier molecular flexibility index (Phi) is 7.92. The highest BCUT2D eigenvalue weighted by molar-refractivity contribution is 5.85. The first-order valence-corrected chi connectivity index (χ1v) is 5.00. The lowest BCUT2D eigenvalue weighted by molar-refractivity contribution is 0.200.